The van der Waals surface area contributed by atoms with Gasteiger partial charge in [-0.3, -0.25) is 4.79 Å². The lowest BCUT2D eigenvalue weighted by Crippen LogP contribution is -2.32. The van der Waals surface area contributed by atoms with Gasteiger partial charge in [0.1, 0.15) is 17.4 Å². The molecule has 8 nitrogen and oxygen atoms in total. The molecular formula is C30H28ClF3N4O4. The van der Waals surface area contributed by atoms with Crippen LogP contribution in [0.15, 0.2) is 84.9 Å². The van der Waals surface area contributed by atoms with Crippen molar-refractivity contribution in [2.24, 2.45) is 0 Å². The van der Waals surface area contributed by atoms with Crippen molar-refractivity contribution >= 4 is 29.5 Å². The third kappa shape index (κ3) is 7.48. The molecule has 2 N–H and O–H groups in total. The van der Waals surface area contributed by atoms with Crippen LogP contribution in [0.4, 0.5) is 23.7 Å². The highest BCUT2D eigenvalue weighted by molar-refractivity contribution is 6.39. The normalized spacial score (nSPS) is 12.5. The molecule has 4 aromatic rings. The van der Waals surface area contributed by atoms with Crippen molar-refractivity contribution in [3.63, 3.8) is 0 Å². The van der Waals surface area contributed by atoms with Crippen LogP contribution in [0.1, 0.15) is 59.7 Å². The molecule has 0 radical (unpaired) electrons. The highest BCUT2D eigenvalue weighted by atomic mass is 35.5. The van der Waals surface area contributed by atoms with Gasteiger partial charge in [-0.15, -0.1) is 0 Å². The third-order valence-electron chi connectivity index (χ3n) is 5.92. The number of ether oxygens (including phenoxy) is 1. The molecule has 1 unspecified atom stereocenters. The average molecular weight is 601 g/mol. The number of anilines is 1. The summed E-state index contributed by atoms with van der Waals surface area (Å²) in [5.74, 6) is -0.983. The van der Waals surface area contributed by atoms with Crippen LogP contribution in [0.25, 0.3) is 5.69 Å². The fourth-order valence-corrected chi connectivity index (χ4v) is 4.21. The largest absolute Gasteiger partial charge is 0.444 e. The summed E-state index contributed by atoms with van der Waals surface area (Å²) in [6, 6.07) is 21.7. The molecular weight excluding hydrogens is 573 g/mol. The summed E-state index contributed by atoms with van der Waals surface area (Å²) in [6.45, 7) is 5.15. The fraction of sp³-hybridized carbons (Fsp3) is 0.233. The Labute approximate surface area is 245 Å². The summed E-state index contributed by atoms with van der Waals surface area (Å²) in [7, 11) is 0. The van der Waals surface area contributed by atoms with Crippen LogP contribution < -0.4 is 9.74 Å². The zero-order valence-electron chi connectivity index (χ0n) is 22.9. The molecule has 1 atom stereocenters. The second-order valence-corrected chi connectivity index (χ2v) is 10.7. The molecule has 2 amide bonds. The first kappa shape index (κ1) is 30.6. The molecule has 0 aliphatic rings. The van der Waals surface area contributed by atoms with Crippen LogP contribution >= 0.6 is 11.8 Å². The van der Waals surface area contributed by atoms with E-state index in [4.69, 9.17) is 16.5 Å². The number of aliphatic hydroxyl groups excluding tert-OH is 1. The van der Waals surface area contributed by atoms with Crippen LogP contribution in [-0.2, 0) is 17.5 Å². The van der Waals surface area contributed by atoms with Crippen LogP contribution in [0.3, 0.4) is 0 Å². The van der Waals surface area contributed by atoms with E-state index >= 15 is 0 Å². The predicted octanol–water partition coefficient (Wildman–Crippen LogP) is 6.80. The van der Waals surface area contributed by atoms with Crippen LogP contribution in [0.2, 0.25) is 0 Å². The average Bonchev–Trinajstić information content (AvgIpc) is 3.41. The number of alkyl halides is 3. The van der Waals surface area contributed by atoms with Crippen molar-refractivity contribution in [1.29, 1.82) is 0 Å². The molecule has 4 rings (SSSR count). The molecule has 0 aliphatic heterocycles. The van der Waals surface area contributed by atoms with Gasteiger partial charge in [0.25, 0.3) is 5.91 Å². The standard InChI is InChI=1S/C30H28ClF3N4O4/c1-29(2,3)42-28(41)35-18-19-9-7-14-23(15-19)38-24(17-25(36-38)30(32,33)34)27(40)37(31)22-13-8-12-21(16-22)26(39)20-10-5-4-6-11-20/h4-17,26,39H,18H2,1-3H3,(H,35,41). The highest BCUT2D eigenvalue weighted by Crippen LogP contribution is 2.32. The van der Waals surface area contributed by atoms with Gasteiger partial charge in [0.05, 0.1) is 11.4 Å². The Kier molecular flexibility index (Phi) is 8.93. The van der Waals surface area contributed by atoms with Crippen molar-refractivity contribution in [2.75, 3.05) is 4.42 Å². The number of alkyl carbamates (subject to hydrolysis) is 1. The van der Waals surface area contributed by atoms with E-state index in [1.165, 1.54) is 24.3 Å². The van der Waals surface area contributed by atoms with Crippen LogP contribution in [0.5, 0.6) is 0 Å². The summed E-state index contributed by atoms with van der Waals surface area (Å²) >= 11 is 6.38. The van der Waals surface area contributed by atoms with Gasteiger partial charge in [-0.25, -0.2) is 13.9 Å². The van der Waals surface area contributed by atoms with Crippen molar-refractivity contribution in [2.45, 2.75) is 45.2 Å². The van der Waals surface area contributed by atoms with Gasteiger partial charge in [-0.1, -0.05) is 54.6 Å². The number of aliphatic hydroxyl groups is 1. The molecule has 0 saturated carbocycles. The lowest BCUT2D eigenvalue weighted by molar-refractivity contribution is -0.141. The molecule has 1 aromatic heterocycles. The molecule has 0 bridgehead atoms. The van der Waals surface area contributed by atoms with E-state index in [0.717, 1.165) is 4.68 Å². The van der Waals surface area contributed by atoms with Crippen molar-refractivity contribution in [3.8, 4) is 5.69 Å². The third-order valence-corrected chi connectivity index (χ3v) is 6.26. The molecule has 1 heterocycles. The first-order chi connectivity index (χ1) is 19.7. The summed E-state index contributed by atoms with van der Waals surface area (Å²) < 4.78 is 47.8. The van der Waals surface area contributed by atoms with E-state index in [0.29, 0.717) is 27.2 Å². The Morgan fingerprint density at radius 1 is 0.976 bits per heavy atom. The molecule has 42 heavy (non-hydrogen) atoms. The fourth-order valence-electron chi connectivity index (χ4n) is 4.02. The number of rotatable bonds is 7. The van der Waals surface area contributed by atoms with E-state index in [-0.39, 0.29) is 17.9 Å². The number of hydrogen-bond acceptors (Lipinski definition) is 5. The maximum Gasteiger partial charge on any atom is 0.435 e. The molecule has 0 aliphatic carbocycles. The SMILES string of the molecule is CC(C)(C)OC(=O)NCc1cccc(-n2nc(C(F)(F)F)cc2C(=O)N(Cl)c2cccc(C(O)c3ccccc3)c2)c1. The van der Waals surface area contributed by atoms with E-state index in [9.17, 15) is 27.9 Å². The van der Waals surface area contributed by atoms with Gasteiger partial charge in [-0.05, 0) is 61.7 Å². The predicted molar refractivity (Wildman–Crippen MR) is 151 cm³/mol. The highest BCUT2D eigenvalue weighted by Gasteiger charge is 2.37. The number of aromatic nitrogens is 2. The molecule has 3 aromatic carbocycles. The number of hydrogen-bond donors (Lipinski definition) is 2. The lowest BCUT2D eigenvalue weighted by Gasteiger charge is -2.20. The van der Waals surface area contributed by atoms with Gasteiger partial charge in [0.15, 0.2) is 5.69 Å². The Balaban J connectivity index is 1.64. The number of benzene rings is 3. The number of carbonyl (C=O) groups is 2. The number of nitrogens with one attached hydrogen (secondary N) is 1. The van der Waals surface area contributed by atoms with Gasteiger partial charge >= 0.3 is 12.3 Å². The minimum atomic E-state index is -4.84. The summed E-state index contributed by atoms with van der Waals surface area (Å²) in [5, 5.41) is 17.0. The zero-order chi connectivity index (χ0) is 30.7. The van der Waals surface area contributed by atoms with Crippen molar-refractivity contribution in [1.82, 2.24) is 15.1 Å². The van der Waals surface area contributed by atoms with Crippen LogP contribution in [0, 0.1) is 0 Å². The smallest absolute Gasteiger partial charge is 0.435 e. The second-order valence-electron chi connectivity index (χ2n) is 10.3. The van der Waals surface area contributed by atoms with E-state index in [1.54, 1.807) is 75.4 Å². The molecule has 0 saturated heterocycles. The Hall–Kier alpha value is -4.35. The quantitative estimate of drug-likeness (QED) is 0.228. The summed E-state index contributed by atoms with van der Waals surface area (Å²) in [5.41, 5.74) is -0.642. The molecule has 12 heteroatoms. The number of amides is 2. The number of halogens is 4. The topological polar surface area (TPSA) is 96.7 Å². The van der Waals surface area contributed by atoms with Crippen molar-refractivity contribution in [3.05, 3.63) is 113 Å². The van der Waals surface area contributed by atoms with E-state index < -0.39 is 41.3 Å². The molecule has 220 valence electrons. The second kappa shape index (κ2) is 12.3. The minimum absolute atomic E-state index is 0.0115. The maximum absolute atomic E-state index is 13.7. The van der Waals surface area contributed by atoms with E-state index in [2.05, 4.69) is 10.4 Å². The minimum Gasteiger partial charge on any atom is -0.444 e. The monoisotopic (exact) mass is 600 g/mol. The Morgan fingerprint density at radius 2 is 1.64 bits per heavy atom. The van der Waals surface area contributed by atoms with Gasteiger partial charge < -0.3 is 15.2 Å². The summed E-state index contributed by atoms with van der Waals surface area (Å²) in [6.07, 6.45) is -6.53. The first-order valence-electron chi connectivity index (χ1n) is 12.8. The molecule has 0 fully saturated rings. The number of nitrogens with zero attached hydrogens (tertiary/aromatic N) is 3. The Morgan fingerprint density at radius 3 is 2.31 bits per heavy atom. The van der Waals surface area contributed by atoms with Crippen LogP contribution in [-0.4, -0.2) is 32.5 Å². The van der Waals surface area contributed by atoms with Gasteiger partial charge in [0, 0.05) is 24.4 Å². The van der Waals surface area contributed by atoms with Gasteiger partial charge in [0.2, 0.25) is 0 Å². The van der Waals surface area contributed by atoms with E-state index in [1.807, 2.05) is 0 Å². The first-order valence-corrected chi connectivity index (χ1v) is 13.1. The zero-order valence-corrected chi connectivity index (χ0v) is 23.6. The van der Waals surface area contributed by atoms with Crippen molar-refractivity contribution < 1.29 is 32.6 Å². The maximum atomic E-state index is 13.7. The summed E-state index contributed by atoms with van der Waals surface area (Å²) in [4.78, 5) is 25.5. The Bertz CT molecular complexity index is 1570. The molecule has 0 spiro atoms. The van der Waals surface area contributed by atoms with Gasteiger partial charge in [-0.2, -0.15) is 18.3 Å². The number of carbonyl (C=O) groups excluding carboxylic acids is 2. The lowest BCUT2D eigenvalue weighted by atomic mass is 10.0.